The van der Waals surface area contributed by atoms with Crippen molar-refractivity contribution in [1.82, 2.24) is 0 Å². The zero-order valence-electron chi connectivity index (χ0n) is 11.0. The van der Waals surface area contributed by atoms with Gasteiger partial charge in [0.25, 0.3) is 0 Å². The number of carbonyl (C=O) groups is 1. The van der Waals surface area contributed by atoms with Gasteiger partial charge in [-0.25, -0.2) is 4.39 Å². The summed E-state index contributed by atoms with van der Waals surface area (Å²) in [7, 11) is 0. The van der Waals surface area contributed by atoms with Crippen molar-refractivity contribution in [3.05, 3.63) is 29.6 Å². The van der Waals surface area contributed by atoms with E-state index in [4.69, 9.17) is 5.73 Å². The van der Waals surface area contributed by atoms with Gasteiger partial charge in [-0.3, -0.25) is 4.79 Å². The van der Waals surface area contributed by atoms with E-state index < -0.39 is 11.9 Å². The van der Waals surface area contributed by atoms with Crippen molar-refractivity contribution in [2.45, 2.75) is 38.3 Å². The van der Waals surface area contributed by atoms with Crippen molar-refractivity contribution >= 4 is 11.6 Å². The van der Waals surface area contributed by atoms with Gasteiger partial charge in [0, 0.05) is 17.8 Å². The van der Waals surface area contributed by atoms with Crippen LogP contribution in [-0.4, -0.2) is 23.6 Å². The molecule has 0 radical (unpaired) electrons. The van der Waals surface area contributed by atoms with E-state index in [9.17, 15) is 14.3 Å². The van der Waals surface area contributed by atoms with Gasteiger partial charge in [-0.05, 0) is 44.4 Å². The predicted octanol–water partition coefficient (Wildman–Crippen LogP) is 1.72. The summed E-state index contributed by atoms with van der Waals surface area (Å²) in [5.41, 5.74) is 6.62. The third kappa shape index (κ3) is 2.87. The molecule has 1 unspecified atom stereocenters. The minimum atomic E-state index is -0.791. The number of amides is 1. The molecule has 1 aliphatic rings. The lowest BCUT2D eigenvalue weighted by Crippen LogP contribution is -2.48. The molecule has 1 fully saturated rings. The minimum absolute atomic E-state index is 0.374. The summed E-state index contributed by atoms with van der Waals surface area (Å²) in [6.07, 6.45) is 1.82. The fraction of sp³-hybridized carbons (Fsp3) is 0.500. The standard InChI is InChI=1S/C14H19FN2O2/c1-9(18)11-8-10(15)5-6-12(11)17-7-3-2-4-13(17)14(16)19/h5-6,8-9,13,18H,2-4,7H2,1H3,(H2,16,19)/t9-,13?/m0/s1. The second-order valence-corrected chi connectivity index (χ2v) is 4.99. The number of hydrogen-bond acceptors (Lipinski definition) is 3. The van der Waals surface area contributed by atoms with Gasteiger partial charge in [-0.1, -0.05) is 0 Å². The number of piperidine rings is 1. The molecule has 104 valence electrons. The fourth-order valence-electron chi connectivity index (χ4n) is 2.64. The van der Waals surface area contributed by atoms with Gasteiger partial charge >= 0.3 is 0 Å². The van der Waals surface area contributed by atoms with Crippen molar-refractivity contribution in [1.29, 1.82) is 0 Å². The van der Waals surface area contributed by atoms with Crippen LogP contribution < -0.4 is 10.6 Å². The van der Waals surface area contributed by atoms with Crippen LogP contribution in [0.5, 0.6) is 0 Å². The monoisotopic (exact) mass is 266 g/mol. The van der Waals surface area contributed by atoms with Gasteiger partial charge in [-0.15, -0.1) is 0 Å². The summed E-state index contributed by atoms with van der Waals surface area (Å²) in [5, 5.41) is 9.77. The number of hydrogen-bond donors (Lipinski definition) is 2. The molecule has 0 bridgehead atoms. The number of benzene rings is 1. The minimum Gasteiger partial charge on any atom is -0.389 e. The number of anilines is 1. The van der Waals surface area contributed by atoms with E-state index in [1.54, 1.807) is 13.0 Å². The Labute approximate surface area is 112 Å². The SMILES string of the molecule is C[C@H](O)c1cc(F)ccc1N1CCCCC1C(N)=O. The van der Waals surface area contributed by atoms with Gasteiger partial charge in [-0.2, -0.15) is 0 Å². The molecule has 1 aromatic rings. The highest BCUT2D eigenvalue weighted by Gasteiger charge is 2.29. The Morgan fingerprint density at radius 1 is 1.53 bits per heavy atom. The molecule has 1 aromatic carbocycles. The highest BCUT2D eigenvalue weighted by Crippen LogP contribution is 2.31. The van der Waals surface area contributed by atoms with Crippen LogP contribution in [0.25, 0.3) is 0 Å². The van der Waals surface area contributed by atoms with Crippen LogP contribution in [-0.2, 0) is 4.79 Å². The molecule has 2 rings (SSSR count). The average Bonchev–Trinajstić information content (AvgIpc) is 2.38. The molecule has 5 heteroatoms. The molecule has 19 heavy (non-hydrogen) atoms. The highest BCUT2D eigenvalue weighted by atomic mass is 19.1. The van der Waals surface area contributed by atoms with Gasteiger partial charge in [0.05, 0.1) is 6.10 Å². The van der Waals surface area contributed by atoms with Crippen LogP contribution in [0.15, 0.2) is 18.2 Å². The van der Waals surface area contributed by atoms with Crippen LogP contribution in [0.2, 0.25) is 0 Å². The van der Waals surface area contributed by atoms with E-state index in [2.05, 4.69) is 0 Å². The molecule has 1 aliphatic heterocycles. The quantitative estimate of drug-likeness (QED) is 0.875. The number of nitrogens with zero attached hydrogens (tertiary/aromatic N) is 1. The van der Waals surface area contributed by atoms with Crippen LogP contribution in [0.3, 0.4) is 0 Å². The molecule has 0 aliphatic carbocycles. The summed E-state index contributed by atoms with van der Waals surface area (Å²) >= 11 is 0. The van der Waals surface area contributed by atoms with E-state index in [-0.39, 0.29) is 11.9 Å². The van der Waals surface area contributed by atoms with Crippen molar-refractivity contribution in [3.63, 3.8) is 0 Å². The first-order chi connectivity index (χ1) is 9.00. The van der Waals surface area contributed by atoms with Crippen LogP contribution in [0.4, 0.5) is 10.1 Å². The van der Waals surface area contributed by atoms with E-state index in [0.717, 1.165) is 12.8 Å². The molecule has 1 saturated heterocycles. The Balaban J connectivity index is 2.41. The van der Waals surface area contributed by atoms with Crippen molar-refractivity contribution in [2.75, 3.05) is 11.4 Å². The number of aliphatic hydroxyl groups is 1. The normalized spacial score (nSPS) is 21.2. The topological polar surface area (TPSA) is 66.6 Å². The summed E-state index contributed by atoms with van der Waals surface area (Å²) in [5.74, 6) is -0.771. The smallest absolute Gasteiger partial charge is 0.240 e. The van der Waals surface area contributed by atoms with Gasteiger partial charge in [0.1, 0.15) is 11.9 Å². The Morgan fingerprint density at radius 2 is 2.26 bits per heavy atom. The first kappa shape index (κ1) is 13.8. The third-order valence-corrected chi connectivity index (χ3v) is 3.58. The number of carbonyl (C=O) groups excluding carboxylic acids is 1. The molecule has 0 spiro atoms. The summed E-state index contributed by atoms with van der Waals surface area (Å²) < 4.78 is 13.3. The Kier molecular flexibility index (Phi) is 4.04. The molecule has 0 aromatic heterocycles. The predicted molar refractivity (Wildman–Crippen MR) is 71.2 cm³/mol. The summed E-state index contributed by atoms with van der Waals surface area (Å²) in [4.78, 5) is 13.4. The molecule has 1 heterocycles. The summed E-state index contributed by atoms with van der Waals surface area (Å²) in [6, 6.07) is 3.89. The first-order valence-electron chi connectivity index (χ1n) is 6.54. The Morgan fingerprint density at radius 3 is 2.89 bits per heavy atom. The number of nitrogens with two attached hydrogens (primary N) is 1. The highest BCUT2D eigenvalue weighted by molar-refractivity contribution is 5.84. The van der Waals surface area contributed by atoms with E-state index in [1.165, 1.54) is 12.1 Å². The lowest BCUT2D eigenvalue weighted by Gasteiger charge is -2.37. The zero-order chi connectivity index (χ0) is 14.0. The lowest BCUT2D eigenvalue weighted by atomic mass is 9.98. The second kappa shape index (κ2) is 5.57. The van der Waals surface area contributed by atoms with Gasteiger partial charge in [0.2, 0.25) is 5.91 Å². The van der Waals surface area contributed by atoms with Crippen LogP contribution in [0.1, 0.15) is 37.9 Å². The molecule has 3 N–H and O–H groups in total. The van der Waals surface area contributed by atoms with E-state index in [0.29, 0.717) is 24.2 Å². The van der Waals surface area contributed by atoms with Crippen LogP contribution >= 0.6 is 0 Å². The molecule has 1 amide bonds. The second-order valence-electron chi connectivity index (χ2n) is 4.99. The van der Waals surface area contributed by atoms with Crippen molar-refractivity contribution in [2.24, 2.45) is 5.73 Å². The van der Waals surface area contributed by atoms with E-state index >= 15 is 0 Å². The Hall–Kier alpha value is -1.62. The van der Waals surface area contributed by atoms with Crippen molar-refractivity contribution < 1.29 is 14.3 Å². The first-order valence-corrected chi connectivity index (χ1v) is 6.54. The maximum Gasteiger partial charge on any atom is 0.240 e. The molecule has 4 nitrogen and oxygen atoms in total. The lowest BCUT2D eigenvalue weighted by molar-refractivity contribution is -0.119. The maximum atomic E-state index is 13.3. The molecule has 2 atom stereocenters. The molecular formula is C14H19FN2O2. The van der Waals surface area contributed by atoms with Gasteiger partial charge < -0.3 is 15.7 Å². The number of primary amides is 1. The number of rotatable bonds is 3. The largest absolute Gasteiger partial charge is 0.389 e. The fourth-order valence-corrected chi connectivity index (χ4v) is 2.64. The van der Waals surface area contributed by atoms with E-state index in [1.807, 2.05) is 4.90 Å². The van der Waals surface area contributed by atoms with Crippen LogP contribution in [0, 0.1) is 5.82 Å². The van der Waals surface area contributed by atoms with Gasteiger partial charge in [0.15, 0.2) is 0 Å². The third-order valence-electron chi connectivity index (χ3n) is 3.58. The average molecular weight is 266 g/mol. The Bertz CT molecular complexity index is 477. The summed E-state index contributed by atoms with van der Waals surface area (Å²) in [6.45, 7) is 2.28. The zero-order valence-corrected chi connectivity index (χ0v) is 11.0. The molecule has 0 saturated carbocycles. The van der Waals surface area contributed by atoms with Crippen molar-refractivity contribution in [3.8, 4) is 0 Å². The number of aliphatic hydroxyl groups excluding tert-OH is 1. The number of halogens is 1. The molecular weight excluding hydrogens is 247 g/mol. The maximum absolute atomic E-state index is 13.3.